The van der Waals surface area contributed by atoms with Gasteiger partial charge in [-0.05, 0) is 25.2 Å². The summed E-state index contributed by atoms with van der Waals surface area (Å²) in [6.07, 6.45) is 0.731. The second-order valence-corrected chi connectivity index (χ2v) is 8.49. The van der Waals surface area contributed by atoms with Crippen molar-refractivity contribution >= 4 is 38.6 Å². The van der Waals surface area contributed by atoms with E-state index in [9.17, 15) is 13.2 Å². The predicted molar refractivity (Wildman–Crippen MR) is 101 cm³/mol. The molecule has 1 aromatic carbocycles. The van der Waals surface area contributed by atoms with E-state index in [1.807, 2.05) is 12.1 Å². The zero-order valence-corrected chi connectivity index (χ0v) is 16.1. The van der Waals surface area contributed by atoms with E-state index in [0.29, 0.717) is 5.69 Å². The summed E-state index contributed by atoms with van der Waals surface area (Å²) in [6, 6.07) is 5.42. The molecule has 0 N–H and O–H groups in total. The first-order valence-corrected chi connectivity index (χ1v) is 10.1. The summed E-state index contributed by atoms with van der Waals surface area (Å²) in [5, 5.41) is 0.827. The molecule has 0 spiro atoms. The molecule has 0 unspecified atom stereocenters. The number of ether oxygens (including phenoxy) is 1. The Morgan fingerprint density at radius 1 is 1.11 bits per heavy atom. The third-order valence-electron chi connectivity index (χ3n) is 5.09. The lowest BCUT2D eigenvalue weighted by Crippen LogP contribution is -2.44. The molecule has 10 heteroatoms. The van der Waals surface area contributed by atoms with Gasteiger partial charge in [-0.3, -0.25) is 4.31 Å². The first-order valence-electron chi connectivity index (χ1n) is 8.75. The Kier molecular flexibility index (Phi) is 4.39. The van der Waals surface area contributed by atoms with Crippen LogP contribution in [0.2, 0.25) is 0 Å². The minimum atomic E-state index is -3.97. The Balaban J connectivity index is 1.74. The summed E-state index contributed by atoms with van der Waals surface area (Å²) in [6.45, 7) is 3.74. The standard InChI is InChI=1S/C17H22N4O5S/c1-18-4-6-19(7-5-18)15-12-14(11-13-3-10-26-16(13)15)20-8-9-21(17(22)25-2)27(20,23)24/h3,10-12H,4-9H2,1-2H3. The van der Waals surface area contributed by atoms with Crippen LogP contribution in [0.15, 0.2) is 28.9 Å². The Morgan fingerprint density at radius 2 is 1.85 bits per heavy atom. The summed E-state index contributed by atoms with van der Waals surface area (Å²) in [4.78, 5) is 16.2. The zero-order valence-electron chi connectivity index (χ0n) is 15.3. The highest BCUT2D eigenvalue weighted by atomic mass is 32.2. The number of methoxy groups -OCH3 is 1. The Hall–Kier alpha value is -2.46. The average molecular weight is 394 g/mol. The molecule has 0 bridgehead atoms. The summed E-state index contributed by atoms with van der Waals surface area (Å²) >= 11 is 0. The highest BCUT2D eigenvalue weighted by molar-refractivity contribution is 7.91. The van der Waals surface area contributed by atoms with E-state index >= 15 is 0 Å². The molecule has 2 aliphatic rings. The van der Waals surface area contributed by atoms with Crippen molar-refractivity contribution in [3.63, 3.8) is 0 Å². The largest absolute Gasteiger partial charge is 0.462 e. The number of fused-ring (bicyclic) bond motifs is 1. The molecule has 1 amide bonds. The second-order valence-electron chi connectivity index (χ2n) is 6.72. The molecule has 2 aliphatic heterocycles. The molecular formula is C17H22N4O5S. The SMILES string of the molecule is COC(=O)N1CCN(c2cc(N3CCN(C)CC3)c3occc3c2)S1(=O)=O. The number of anilines is 2. The molecule has 27 heavy (non-hydrogen) atoms. The van der Waals surface area contributed by atoms with Crippen molar-refractivity contribution < 1.29 is 22.4 Å². The third kappa shape index (κ3) is 2.98. The van der Waals surface area contributed by atoms with Gasteiger partial charge < -0.3 is 19.0 Å². The quantitative estimate of drug-likeness (QED) is 0.759. The van der Waals surface area contributed by atoms with Crippen LogP contribution in [0, 0.1) is 0 Å². The van der Waals surface area contributed by atoms with Crippen molar-refractivity contribution in [3.8, 4) is 0 Å². The maximum Gasteiger partial charge on any atom is 0.424 e. The van der Waals surface area contributed by atoms with Gasteiger partial charge in [0.25, 0.3) is 0 Å². The van der Waals surface area contributed by atoms with Gasteiger partial charge >= 0.3 is 16.3 Å². The van der Waals surface area contributed by atoms with Gasteiger partial charge in [-0.25, -0.2) is 4.79 Å². The van der Waals surface area contributed by atoms with Crippen molar-refractivity contribution in [2.45, 2.75) is 0 Å². The first-order chi connectivity index (χ1) is 12.9. The molecule has 0 saturated carbocycles. The van der Waals surface area contributed by atoms with Crippen LogP contribution in [0.3, 0.4) is 0 Å². The number of hydrogen-bond acceptors (Lipinski definition) is 7. The lowest BCUT2D eigenvalue weighted by Gasteiger charge is -2.34. The smallest absolute Gasteiger partial charge is 0.424 e. The van der Waals surface area contributed by atoms with Crippen LogP contribution in [-0.4, -0.2) is 77.1 Å². The summed E-state index contributed by atoms with van der Waals surface area (Å²) < 4.78 is 37.9. The number of hydrogen-bond donors (Lipinski definition) is 0. The van der Waals surface area contributed by atoms with E-state index in [1.165, 1.54) is 11.4 Å². The summed E-state index contributed by atoms with van der Waals surface area (Å²) in [5.41, 5.74) is 2.13. The first kappa shape index (κ1) is 17.9. The lowest BCUT2D eigenvalue weighted by atomic mass is 10.1. The molecule has 146 valence electrons. The Labute approximate surface area is 157 Å². The van der Waals surface area contributed by atoms with E-state index in [1.54, 1.807) is 12.3 Å². The fourth-order valence-electron chi connectivity index (χ4n) is 3.55. The fourth-order valence-corrected chi connectivity index (χ4v) is 5.05. The topological polar surface area (TPSA) is 86.5 Å². The monoisotopic (exact) mass is 394 g/mol. The van der Waals surface area contributed by atoms with E-state index in [2.05, 4.69) is 21.6 Å². The van der Waals surface area contributed by atoms with Crippen molar-refractivity contribution in [2.75, 3.05) is 62.6 Å². The second kappa shape index (κ2) is 6.61. The van der Waals surface area contributed by atoms with Gasteiger partial charge in [0.1, 0.15) is 0 Å². The number of benzene rings is 1. The van der Waals surface area contributed by atoms with E-state index in [0.717, 1.165) is 47.1 Å². The van der Waals surface area contributed by atoms with Crippen LogP contribution in [-0.2, 0) is 14.9 Å². The van der Waals surface area contributed by atoms with Crippen molar-refractivity contribution in [1.82, 2.24) is 9.21 Å². The third-order valence-corrected chi connectivity index (χ3v) is 6.93. The number of nitrogens with zero attached hydrogens (tertiary/aromatic N) is 4. The fraction of sp³-hybridized carbons (Fsp3) is 0.471. The van der Waals surface area contributed by atoms with Gasteiger partial charge in [0, 0.05) is 31.6 Å². The molecule has 3 heterocycles. The number of rotatable bonds is 2. The van der Waals surface area contributed by atoms with E-state index < -0.39 is 16.3 Å². The molecule has 0 radical (unpaired) electrons. The average Bonchev–Trinajstić information content (AvgIpc) is 3.24. The van der Waals surface area contributed by atoms with Crippen LogP contribution in [0.5, 0.6) is 0 Å². The van der Waals surface area contributed by atoms with Crippen LogP contribution in [0.25, 0.3) is 11.0 Å². The normalized spacial score (nSPS) is 20.4. The molecule has 9 nitrogen and oxygen atoms in total. The number of carbonyl (C=O) groups is 1. The van der Waals surface area contributed by atoms with Crippen LogP contribution < -0.4 is 9.21 Å². The number of carbonyl (C=O) groups excluding carboxylic acids is 1. The molecule has 0 aliphatic carbocycles. The molecule has 4 rings (SSSR count). The molecule has 0 atom stereocenters. The highest BCUT2D eigenvalue weighted by Gasteiger charge is 2.41. The summed E-state index contributed by atoms with van der Waals surface area (Å²) in [7, 11) is -0.717. The molecule has 2 fully saturated rings. The van der Waals surface area contributed by atoms with Gasteiger partial charge in [0.05, 0.1) is 37.8 Å². The van der Waals surface area contributed by atoms with Gasteiger partial charge in [-0.1, -0.05) is 0 Å². The maximum absolute atomic E-state index is 12.8. The molecule has 2 aromatic rings. The molecular weight excluding hydrogens is 372 g/mol. The van der Waals surface area contributed by atoms with Crippen molar-refractivity contribution in [1.29, 1.82) is 0 Å². The number of amides is 1. The van der Waals surface area contributed by atoms with Gasteiger partial charge in [0.15, 0.2) is 5.58 Å². The zero-order chi connectivity index (χ0) is 19.2. The molecule has 1 aromatic heterocycles. The molecule has 2 saturated heterocycles. The maximum atomic E-state index is 12.8. The Morgan fingerprint density at radius 3 is 2.56 bits per heavy atom. The van der Waals surface area contributed by atoms with Crippen molar-refractivity contribution in [3.05, 3.63) is 24.5 Å². The van der Waals surface area contributed by atoms with Crippen molar-refractivity contribution in [2.24, 2.45) is 0 Å². The van der Waals surface area contributed by atoms with Gasteiger partial charge in [0.2, 0.25) is 0 Å². The number of furan rings is 1. The highest BCUT2D eigenvalue weighted by Crippen LogP contribution is 2.36. The van der Waals surface area contributed by atoms with Gasteiger partial charge in [-0.15, -0.1) is 0 Å². The van der Waals surface area contributed by atoms with E-state index in [-0.39, 0.29) is 13.1 Å². The van der Waals surface area contributed by atoms with Crippen LogP contribution >= 0.6 is 0 Å². The number of likely N-dealkylation sites (N-methyl/N-ethyl adjacent to an activating group) is 1. The minimum absolute atomic E-state index is 0.0578. The van der Waals surface area contributed by atoms with Crippen LogP contribution in [0.4, 0.5) is 16.2 Å². The van der Waals surface area contributed by atoms with Crippen LogP contribution in [0.1, 0.15) is 0 Å². The Bertz CT molecular complexity index is 965. The number of piperazine rings is 1. The predicted octanol–water partition coefficient (Wildman–Crippen LogP) is 1.32. The van der Waals surface area contributed by atoms with Gasteiger partial charge in [-0.2, -0.15) is 12.7 Å². The van der Waals surface area contributed by atoms with E-state index in [4.69, 9.17) is 4.42 Å². The lowest BCUT2D eigenvalue weighted by molar-refractivity contribution is 0.152. The minimum Gasteiger partial charge on any atom is -0.462 e. The summed E-state index contributed by atoms with van der Waals surface area (Å²) in [5.74, 6) is 0.